The van der Waals surface area contributed by atoms with Gasteiger partial charge < -0.3 is 4.74 Å². The van der Waals surface area contributed by atoms with Crippen LogP contribution < -0.4 is 0 Å². The maximum Gasteiger partial charge on any atom is 0.174 e. The van der Waals surface area contributed by atoms with Crippen molar-refractivity contribution in [3.05, 3.63) is 11.5 Å². The lowest BCUT2D eigenvalue weighted by molar-refractivity contribution is 0.0977. The van der Waals surface area contributed by atoms with Crippen molar-refractivity contribution >= 4 is 9.84 Å². The van der Waals surface area contributed by atoms with E-state index in [1.807, 2.05) is 0 Å². The molecule has 0 aromatic rings. The van der Waals surface area contributed by atoms with Gasteiger partial charge in [-0.2, -0.15) is 0 Å². The molecule has 0 aliphatic carbocycles. The van der Waals surface area contributed by atoms with Crippen LogP contribution in [0.4, 0.5) is 0 Å². The second-order valence-corrected chi connectivity index (χ2v) is 5.21. The molecule has 0 N–H and O–H groups in total. The fourth-order valence-electron chi connectivity index (χ4n) is 1.24. The number of sulfone groups is 1. The van der Waals surface area contributed by atoms with Crippen LogP contribution in [0, 0.1) is 0 Å². The van der Waals surface area contributed by atoms with E-state index in [-0.39, 0.29) is 11.9 Å². The molecular weight excluding hydrogens is 188 g/mol. The fourth-order valence-corrected chi connectivity index (χ4v) is 2.43. The zero-order valence-corrected chi connectivity index (χ0v) is 8.72. The summed E-state index contributed by atoms with van der Waals surface area (Å²) in [5.41, 5.74) is 0. The van der Waals surface area contributed by atoms with E-state index in [0.717, 1.165) is 19.3 Å². The maximum atomic E-state index is 11.0. The van der Waals surface area contributed by atoms with Gasteiger partial charge in [0.15, 0.2) is 9.84 Å². The molecule has 76 valence electrons. The molecule has 0 bridgehead atoms. The Morgan fingerprint density at radius 2 is 2.23 bits per heavy atom. The van der Waals surface area contributed by atoms with Crippen molar-refractivity contribution < 1.29 is 13.2 Å². The predicted molar refractivity (Wildman–Crippen MR) is 52.2 cm³/mol. The summed E-state index contributed by atoms with van der Waals surface area (Å²) in [6.07, 6.45) is 4.73. The van der Waals surface area contributed by atoms with Gasteiger partial charge in [0.05, 0.1) is 11.9 Å². The molecule has 0 radical (unpaired) electrons. The van der Waals surface area contributed by atoms with E-state index in [1.54, 1.807) is 6.08 Å². The molecule has 3 nitrogen and oxygen atoms in total. The molecule has 0 amide bonds. The Balaban J connectivity index is 2.16. The maximum absolute atomic E-state index is 11.0. The summed E-state index contributed by atoms with van der Waals surface area (Å²) in [6.45, 7) is 2.79. The Bertz CT molecular complexity index is 267. The minimum Gasteiger partial charge on any atom is -0.373 e. The highest BCUT2D eigenvalue weighted by Gasteiger charge is 2.21. The number of hydrogen-bond donors (Lipinski definition) is 0. The van der Waals surface area contributed by atoms with Gasteiger partial charge in [-0.3, -0.25) is 0 Å². The SMILES string of the molecule is CCCCCOC1C=CS(=O)(=O)C1. The van der Waals surface area contributed by atoms with Crippen molar-refractivity contribution in [2.75, 3.05) is 12.4 Å². The average molecular weight is 204 g/mol. The van der Waals surface area contributed by atoms with E-state index >= 15 is 0 Å². The highest BCUT2D eigenvalue weighted by molar-refractivity contribution is 7.94. The fraction of sp³-hybridized carbons (Fsp3) is 0.778. The molecule has 1 atom stereocenters. The van der Waals surface area contributed by atoms with E-state index in [1.165, 1.54) is 5.41 Å². The lowest BCUT2D eigenvalue weighted by Gasteiger charge is -2.07. The lowest BCUT2D eigenvalue weighted by Crippen LogP contribution is -2.15. The molecule has 1 unspecified atom stereocenters. The summed E-state index contributed by atoms with van der Waals surface area (Å²) in [4.78, 5) is 0. The first-order valence-corrected chi connectivity index (χ1v) is 6.38. The van der Waals surface area contributed by atoms with Crippen molar-refractivity contribution in [1.29, 1.82) is 0 Å². The second-order valence-electron chi connectivity index (χ2n) is 3.27. The normalized spacial score (nSPS) is 25.2. The molecular formula is C9H16O3S. The largest absolute Gasteiger partial charge is 0.373 e. The van der Waals surface area contributed by atoms with Gasteiger partial charge in [0.1, 0.15) is 0 Å². The van der Waals surface area contributed by atoms with Crippen LogP contribution in [0.3, 0.4) is 0 Å². The highest BCUT2D eigenvalue weighted by atomic mass is 32.2. The van der Waals surface area contributed by atoms with Crippen molar-refractivity contribution in [2.45, 2.75) is 32.3 Å². The van der Waals surface area contributed by atoms with E-state index in [9.17, 15) is 8.42 Å². The third-order valence-electron chi connectivity index (χ3n) is 1.98. The quantitative estimate of drug-likeness (QED) is 0.637. The monoisotopic (exact) mass is 204 g/mol. The smallest absolute Gasteiger partial charge is 0.174 e. The van der Waals surface area contributed by atoms with Crippen LogP contribution in [-0.2, 0) is 14.6 Å². The van der Waals surface area contributed by atoms with Gasteiger partial charge in [0.25, 0.3) is 0 Å². The molecule has 13 heavy (non-hydrogen) atoms. The van der Waals surface area contributed by atoms with Gasteiger partial charge >= 0.3 is 0 Å². The summed E-state index contributed by atoms with van der Waals surface area (Å²) in [6, 6.07) is 0. The lowest BCUT2D eigenvalue weighted by atomic mass is 10.3. The number of hydrogen-bond acceptors (Lipinski definition) is 3. The molecule has 0 saturated carbocycles. The van der Waals surface area contributed by atoms with E-state index in [4.69, 9.17) is 4.74 Å². The molecule has 0 aromatic heterocycles. The molecule has 1 heterocycles. The zero-order chi connectivity index (χ0) is 9.73. The van der Waals surface area contributed by atoms with Gasteiger partial charge in [-0.25, -0.2) is 8.42 Å². The zero-order valence-electron chi connectivity index (χ0n) is 7.90. The Hall–Kier alpha value is -0.350. The third kappa shape index (κ3) is 3.91. The molecule has 1 aliphatic rings. The van der Waals surface area contributed by atoms with Gasteiger partial charge in [-0.15, -0.1) is 0 Å². The molecule has 1 rings (SSSR count). The Morgan fingerprint density at radius 3 is 2.77 bits per heavy atom. The Kier molecular flexibility index (Phi) is 3.93. The molecule has 0 fully saturated rings. The van der Waals surface area contributed by atoms with Gasteiger partial charge in [-0.05, 0) is 12.5 Å². The van der Waals surface area contributed by atoms with Crippen molar-refractivity contribution in [2.24, 2.45) is 0 Å². The molecule has 0 spiro atoms. The van der Waals surface area contributed by atoms with Crippen LogP contribution in [0.1, 0.15) is 26.2 Å². The first kappa shape index (κ1) is 10.7. The molecule has 0 aromatic carbocycles. The minimum atomic E-state index is -2.94. The third-order valence-corrected chi connectivity index (χ3v) is 3.34. The summed E-state index contributed by atoms with van der Waals surface area (Å²) < 4.78 is 27.3. The van der Waals surface area contributed by atoms with Crippen LogP contribution in [0.15, 0.2) is 11.5 Å². The van der Waals surface area contributed by atoms with Crippen LogP contribution in [0.25, 0.3) is 0 Å². The number of unbranched alkanes of at least 4 members (excludes halogenated alkanes) is 2. The first-order chi connectivity index (χ1) is 6.14. The Labute approximate surface area is 79.7 Å². The summed E-state index contributed by atoms with van der Waals surface area (Å²) in [5.74, 6) is 0.124. The predicted octanol–water partition coefficient (Wildman–Crippen LogP) is 1.50. The number of rotatable bonds is 5. The summed E-state index contributed by atoms with van der Waals surface area (Å²) >= 11 is 0. The van der Waals surface area contributed by atoms with Crippen LogP contribution in [0.5, 0.6) is 0 Å². The Morgan fingerprint density at radius 1 is 1.46 bits per heavy atom. The van der Waals surface area contributed by atoms with E-state index < -0.39 is 9.84 Å². The van der Waals surface area contributed by atoms with E-state index in [2.05, 4.69) is 6.92 Å². The molecule has 4 heteroatoms. The standard InChI is InChI=1S/C9H16O3S/c1-2-3-4-6-12-9-5-7-13(10,11)8-9/h5,7,9H,2-4,6,8H2,1H3. The van der Waals surface area contributed by atoms with Gasteiger partial charge in [-0.1, -0.05) is 19.8 Å². The molecule has 1 aliphatic heterocycles. The molecule has 0 saturated heterocycles. The first-order valence-electron chi connectivity index (χ1n) is 4.66. The summed E-state index contributed by atoms with van der Waals surface area (Å²) in [7, 11) is -2.94. The number of ether oxygens (including phenoxy) is 1. The summed E-state index contributed by atoms with van der Waals surface area (Å²) in [5, 5.41) is 1.25. The van der Waals surface area contributed by atoms with Gasteiger partial charge in [0, 0.05) is 12.0 Å². The minimum absolute atomic E-state index is 0.124. The van der Waals surface area contributed by atoms with Crippen LogP contribution in [-0.4, -0.2) is 26.9 Å². The highest BCUT2D eigenvalue weighted by Crippen LogP contribution is 2.11. The van der Waals surface area contributed by atoms with Crippen molar-refractivity contribution in [3.8, 4) is 0 Å². The van der Waals surface area contributed by atoms with Crippen molar-refractivity contribution in [3.63, 3.8) is 0 Å². The topological polar surface area (TPSA) is 43.4 Å². The second kappa shape index (κ2) is 4.77. The van der Waals surface area contributed by atoms with Gasteiger partial charge in [0.2, 0.25) is 0 Å². The van der Waals surface area contributed by atoms with Crippen LogP contribution >= 0.6 is 0 Å². The van der Waals surface area contributed by atoms with Crippen molar-refractivity contribution in [1.82, 2.24) is 0 Å². The van der Waals surface area contributed by atoms with E-state index in [0.29, 0.717) is 6.61 Å². The average Bonchev–Trinajstić information content (AvgIpc) is 2.40. The van der Waals surface area contributed by atoms with Crippen LogP contribution in [0.2, 0.25) is 0 Å².